The zero-order valence-electron chi connectivity index (χ0n) is 10.9. The van der Waals surface area contributed by atoms with Crippen molar-refractivity contribution in [3.05, 3.63) is 29.6 Å². The Morgan fingerprint density at radius 2 is 2.17 bits per heavy atom. The first-order chi connectivity index (χ1) is 8.45. The lowest BCUT2D eigenvalue weighted by Crippen LogP contribution is -2.35. The maximum absolute atomic E-state index is 13.2. The molecule has 1 atom stereocenters. The molecule has 0 aliphatic carbocycles. The summed E-state index contributed by atoms with van der Waals surface area (Å²) in [6, 6.07) is 4.04. The minimum atomic E-state index is -0.483. The Labute approximate surface area is 112 Å². The van der Waals surface area contributed by atoms with Gasteiger partial charge in [0, 0.05) is 24.3 Å². The van der Waals surface area contributed by atoms with Crippen LogP contribution in [0.25, 0.3) is 0 Å². The average Bonchev–Trinajstić information content (AvgIpc) is 2.32. The van der Waals surface area contributed by atoms with Gasteiger partial charge in [0.2, 0.25) is 0 Å². The molecule has 0 bridgehead atoms. The number of nitrogens with two attached hydrogens (primary N) is 1. The minimum absolute atomic E-state index is 0.120. The van der Waals surface area contributed by atoms with Crippen LogP contribution in [0.3, 0.4) is 0 Å². The lowest BCUT2D eigenvalue weighted by Gasteiger charge is -2.25. The fraction of sp³-hybridized carbons (Fsp3) is 0.462. The maximum Gasteiger partial charge on any atom is 0.254 e. The fourth-order valence-electron chi connectivity index (χ4n) is 1.62. The van der Waals surface area contributed by atoms with E-state index in [2.05, 4.69) is 0 Å². The van der Waals surface area contributed by atoms with Gasteiger partial charge in [0.05, 0.1) is 0 Å². The van der Waals surface area contributed by atoms with Crippen LogP contribution >= 0.6 is 11.8 Å². The van der Waals surface area contributed by atoms with E-state index in [1.165, 1.54) is 18.2 Å². The zero-order chi connectivity index (χ0) is 13.7. The SMILES string of the molecule is CSCCC(C)N(C)C(=O)c1cc(N)cc(F)c1. The molecule has 2 N–H and O–H groups in total. The number of anilines is 1. The van der Waals surface area contributed by atoms with Crippen LogP contribution in [0.2, 0.25) is 0 Å². The Morgan fingerprint density at radius 1 is 1.50 bits per heavy atom. The first-order valence-electron chi connectivity index (χ1n) is 5.78. The van der Waals surface area contributed by atoms with Crippen LogP contribution in [0, 0.1) is 5.82 Å². The summed E-state index contributed by atoms with van der Waals surface area (Å²) in [6.07, 6.45) is 2.94. The summed E-state index contributed by atoms with van der Waals surface area (Å²) >= 11 is 1.74. The summed E-state index contributed by atoms with van der Waals surface area (Å²) in [5.74, 6) is 0.308. The van der Waals surface area contributed by atoms with Crippen LogP contribution in [0.15, 0.2) is 18.2 Å². The molecule has 0 fully saturated rings. The molecule has 18 heavy (non-hydrogen) atoms. The van der Waals surface area contributed by atoms with Gasteiger partial charge in [-0.2, -0.15) is 11.8 Å². The normalized spacial score (nSPS) is 12.2. The third-order valence-electron chi connectivity index (χ3n) is 2.89. The molecule has 100 valence electrons. The van der Waals surface area contributed by atoms with Crippen LogP contribution in [0.1, 0.15) is 23.7 Å². The number of nitrogens with zero attached hydrogens (tertiary/aromatic N) is 1. The molecular weight excluding hydrogens is 251 g/mol. The van der Waals surface area contributed by atoms with Crippen molar-refractivity contribution in [1.82, 2.24) is 4.90 Å². The van der Waals surface area contributed by atoms with E-state index in [0.717, 1.165) is 12.2 Å². The quantitative estimate of drug-likeness (QED) is 0.837. The van der Waals surface area contributed by atoms with Crippen molar-refractivity contribution in [2.45, 2.75) is 19.4 Å². The minimum Gasteiger partial charge on any atom is -0.399 e. The number of amides is 1. The Hall–Kier alpha value is -1.23. The molecule has 0 aliphatic rings. The van der Waals surface area contributed by atoms with Crippen LogP contribution in [0.5, 0.6) is 0 Å². The van der Waals surface area contributed by atoms with Gasteiger partial charge in [-0.05, 0) is 43.6 Å². The topological polar surface area (TPSA) is 46.3 Å². The van der Waals surface area contributed by atoms with Gasteiger partial charge in [-0.25, -0.2) is 4.39 Å². The Kier molecular flexibility index (Phi) is 5.47. The summed E-state index contributed by atoms with van der Waals surface area (Å²) in [5.41, 5.74) is 6.10. The van der Waals surface area contributed by atoms with Gasteiger partial charge in [0.25, 0.3) is 5.91 Å². The van der Waals surface area contributed by atoms with Gasteiger partial charge in [-0.1, -0.05) is 0 Å². The number of hydrogen-bond acceptors (Lipinski definition) is 3. The molecule has 1 rings (SSSR count). The van der Waals surface area contributed by atoms with Crippen LogP contribution in [-0.4, -0.2) is 35.9 Å². The summed E-state index contributed by atoms with van der Waals surface area (Å²) in [7, 11) is 1.73. The molecule has 0 aliphatic heterocycles. The lowest BCUT2D eigenvalue weighted by molar-refractivity contribution is 0.0741. The van der Waals surface area contributed by atoms with E-state index in [0.29, 0.717) is 5.56 Å². The highest BCUT2D eigenvalue weighted by Gasteiger charge is 2.18. The Morgan fingerprint density at radius 3 is 2.72 bits per heavy atom. The fourth-order valence-corrected chi connectivity index (χ4v) is 2.20. The van der Waals surface area contributed by atoms with Gasteiger partial charge in [-0.15, -0.1) is 0 Å². The van der Waals surface area contributed by atoms with E-state index in [9.17, 15) is 9.18 Å². The van der Waals surface area contributed by atoms with E-state index in [1.54, 1.807) is 23.7 Å². The number of carbonyl (C=O) groups excluding carboxylic acids is 1. The monoisotopic (exact) mass is 270 g/mol. The number of halogens is 1. The van der Waals surface area contributed by atoms with E-state index in [1.807, 2.05) is 13.2 Å². The van der Waals surface area contributed by atoms with Gasteiger partial charge >= 0.3 is 0 Å². The van der Waals surface area contributed by atoms with Crippen LogP contribution in [0.4, 0.5) is 10.1 Å². The number of benzene rings is 1. The highest BCUT2D eigenvalue weighted by molar-refractivity contribution is 7.98. The number of hydrogen-bond donors (Lipinski definition) is 1. The highest BCUT2D eigenvalue weighted by atomic mass is 32.2. The standard InChI is InChI=1S/C13H19FN2OS/c1-9(4-5-18-3)16(2)13(17)10-6-11(14)8-12(15)7-10/h6-9H,4-5,15H2,1-3H3. The predicted molar refractivity (Wildman–Crippen MR) is 75.4 cm³/mol. The van der Waals surface area contributed by atoms with Crippen molar-refractivity contribution >= 4 is 23.4 Å². The molecule has 0 heterocycles. The second kappa shape index (κ2) is 6.64. The second-order valence-electron chi connectivity index (χ2n) is 4.32. The molecule has 0 saturated heterocycles. The smallest absolute Gasteiger partial charge is 0.254 e. The van der Waals surface area contributed by atoms with Gasteiger partial charge < -0.3 is 10.6 Å². The van der Waals surface area contributed by atoms with Crippen LogP contribution < -0.4 is 5.73 Å². The highest BCUT2D eigenvalue weighted by Crippen LogP contribution is 2.15. The first kappa shape index (κ1) is 14.8. The number of nitrogen functional groups attached to an aromatic ring is 1. The maximum atomic E-state index is 13.2. The molecule has 1 aromatic carbocycles. The summed E-state index contributed by atoms with van der Waals surface area (Å²) < 4.78 is 13.2. The number of thioether (sulfide) groups is 1. The average molecular weight is 270 g/mol. The second-order valence-corrected chi connectivity index (χ2v) is 5.31. The van der Waals surface area contributed by atoms with Crippen molar-refractivity contribution in [3.8, 4) is 0 Å². The van der Waals surface area contributed by atoms with E-state index >= 15 is 0 Å². The number of carbonyl (C=O) groups is 1. The van der Waals surface area contributed by atoms with Crippen molar-refractivity contribution in [2.24, 2.45) is 0 Å². The lowest BCUT2D eigenvalue weighted by atomic mass is 10.1. The largest absolute Gasteiger partial charge is 0.399 e. The Bertz CT molecular complexity index is 405. The van der Waals surface area contributed by atoms with E-state index < -0.39 is 5.82 Å². The Balaban J connectivity index is 2.79. The molecule has 0 radical (unpaired) electrons. The first-order valence-corrected chi connectivity index (χ1v) is 7.17. The van der Waals surface area contributed by atoms with Gasteiger partial charge in [0.1, 0.15) is 5.82 Å². The van der Waals surface area contributed by atoms with Gasteiger partial charge in [-0.3, -0.25) is 4.79 Å². The predicted octanol–water partition coefficient (Wildman–Crippen LogP) is 2.62. The van der Waals surface area contributed by atoms with E-state index in [4.69, 9.17) is 5.73 Å². The molecule has 1 unspecified atom stereocenters. The molecule has 3 nitrogen and oxygen atoms in total. The molecule has 1 amide bonds. The molecule has 0 spiro atoms. The van der Waals surface area contributed by atoms with Crippen molar-refractivity contribution in [1.29, 1.82) is 0 Å². The molecule has 1 aromatic rings. The summed E-state index contributed by atoms with van der Waals surface area (Å²) in [4.78, 5) is 13.8. The van der Waals surface area contributed by atoms with Crippen molar-refractivity contribution in [2.75, 3.05) is 24.8 Å². The molecule has 5 heteroatoms. The molecule has 0 saturated carbocycles. The number of rotatable bonds is 5. The van der Waals surface area contributed by atoms with Gasteiger partial charge in [0.15, 0.2) is 0 Å². The van der Waals surface area contributed by atoms with Crippen LogP contribution in [-0.2, 0) is 0 Å². The van der Waals surface area contributed by atoms with E-state index in [-0.39, 0.29) is 17.6 Å². The van der Waals surface area contributed by atoms with Crippen molar-refractivity contribution in [3.63, 3.8) is 0 Å². The molecular formula is C13H19FN2OS. The zero-order valence-corrected chi connectivity index (χ0v) is 11.8. The third-order valence-corrected chi connectivity index (χ3v) is 3.53. The summed E-state index contributed by atoms with van der Waals surface area (Å²) in [5, 5.41) is 0. The third kappa shape index (κ3) is 3.91. The van der Waals surface area contributed by atoms with Crippen molar-refractivity contribution < 1.29 is 9.18 Å². The molecule has 0 aromatic heterocycles. The summed E-state index contributed by atoms with van der Waals surface area (Å²) in [6.45, 7) is 1.98.